The van der Waals surface area contributed by atoms with E-state index in [2.05, 4.69) is 60.8 Å². The van der Waals surface area contributed by atoms with Crippen molar-refractivity contribution in [2.24, 2.45) is 0 Å². The van der Waals surface area contributed by atoms with Gasteiger partial charge in [0.25, 0.3) is 0 Å². The minimum absolute atomic E-state index is 0.106. The van der Waals surface area contributed by atoms with Crippen LogP contribution in [0.25, 0.3) is 16.9 Å². The number of phenolic OH excluding ortho intramolecular Hbond substituents is 1. The molecule has 2 aromatic heterocycles. The highest BCUT2D eigenvalue weighted by Crippen LogP contribution is 2.36. The molecule has 0 spiro atoms. The van der Waals surface area contributed by atoms with Gasteiger partial charge in [0.1, 0.15) is 17.2 Å². The molecular weight excluding hydrogens is 362 g/mol. The van der Waals surface area contributed by atoms with Crippen LogP contribution < -0.4 is 10.1 Å². The van der Waals surface area contributed by atoms with E-state index in [1.807, 2.05) is 18.2 Å². The van der Waals surface area contributed by atoms with Gasteiger partial charge in [-0.3, -0.25) is 4.40 Å². The van der Waals surface area contributed by atoms with Crippen LogP contribution in [0.3, 0.4) is 0 Å². The molecule has 2 heterocycles. The van der Waals surface area contributed by atoms with Gasteiger partial charge in [0, 0.05) is 16.9 Å². The normalized spacial score (nSPS) is 11.2. The maximum Gasteiger partial charge on any atom is 0.161 e. The molecule has 2 aromatic carbocycles. The highest BCUT2D eigenvalue weighted by molar-refractivity contribution is 5.81. The van der Waals surface area contributed by atoms with E-state index in [1.54, 1.807) is 19.2 Å². The SMILES string of the molecule is COc1cc(-c2nc3cccc(C)n3c2Nc2ccc(C(C)C)cc2)ccc1O. The largest absolute Gasteiger partial charge is 0.504 e. The third-order valence-electron chi connectivity index (χ3n) is 5.13. The molecule has 5 heteroatoms. The fourth-order valence-corrected chi connectivity index (χ4v) is 3.48. The summed E-state index contributed by atoms with van der Waals surface area (Å²) in [7, 11) is 1.54. The fourth-order valence-electron chi connectivity index (χ4n) is 3.48. The van der Waals surface area contributed by atoms with Gasteiger partial charge in [0.2, 0.25) is 0 Å². The van der Waals surface area contributed by atoms with Gasteiger partial charge in [-0.25, -0.2) is 4.98 Å². The van der Waals surface area contributed by atoms with Crippen molar-refractivity contribution in [3.05, 3.63) is 71.9 Å². The van der Waals surface area contributed by atoms with E-state index >= 15 is 0 Å². The first-order valence-corrected chi connectivity index (χ1v) is 9.70. The van der Waals surface area contributed by atoms with E-state index < -0.39 is 0 Å². The molecule has 4 rings (SSSR count). The van der Waals surface area contributed by atoms with Crippen molar-refractivity contribution in [3.8, 4) is 22.8 Å². The molecule has 29 heavy (non-hydrogen) atoms. The maximum absolute atomic E-state index is 9.97. The summed E-state index contributed by atoms with van der Waals surface area (Å²) in [6, 6.07) is 19.8. The molecule has 0 aliphatic heterocycles. The molecule has 5 nitrogen and oxygen atoms in total. The van der Waals surface area contributed by atoms with Crippen molar-refractivity contribution in [1.29, 1.82) is 0 Å². The number of hydrogen-bond donors (Lipinski definition) is 2. The molecule has 4 aromatic rings. The van der Waals surface area contributed by atoms with Crippen molar-refractivity contribution < 1.29 is 9.84 Å². The number of aromatic nitrogens is 2. The summed E-state index contributed by atoms with van der Waals surface area (Å²) in [6.45, 7) is 6.43. The Labute approximate surface area is 170 Å². The van der Waals surface area contributed by atoms with E-state index in [9.17, 15) is 5.11 Å². The average Bonchev–Trinajstić information content (AvgIpc) is 3.08. The van der Waals surface area contributed by atoms with Crippen LogP contribution in [0.15, 0.2) is 60.7 Å². The highest BCUT2D eigenvalue weighted by Gasteiger charge is 2.17. The molecule has 148 valence electrons. The molecule has 2 N–H and O–H groups in total. The van der Waals surface area contributed by atoms with Crippen LogP contribution in [0, 0.1) is 6.92 Å². The Morgan fingerprint density at radius 1 is 1.03 bits per heavy atom. The lowest BCUT2D eigenvalue weighted by molar-refractivity contribution is 0.373. The van der Waals surface area contributed by atoms with Crippen molar-refractivity contribution in [2.45, 2.75) is 26.7 Å². The molecule has 0 saturated heterocycles. The second kappa shape index (κ2) is 7.51. The summed E-state index contributed by atoms with van der Waals surface area (Å²) in [4.78, 5) is 4.85. The second-order valence-corrected chi connectivity index (χ2v) is 7.46. The van der Waals surface area contributed by atoms with E-state index in [4.69, 9.17) is 9.72 Å². The molecule has 0 aliphatic carbocycles. The van der Waals surface area contributed by atoms with Gasteiger partial charge in [-0.05, 0) is 60.9 Å². The first kappa shape index (κ1) is 18.9. The van der Waals surface area contributed by atoms with Gasteiger partial charge in [-0.15, -0.1) is 0 Å². The third-order valence-corrected chi connectivity index (χ3v) is 5.13. The molecule has 0 radical (unpaired) electrons. The molecule has 0 aliphatic rings. The zero-order chi connectivity index (χ0) is 20.5. The topological polar surface area (TPSA) is 58.8 Å². The minimum atomic E-state index is 0.106. The highest BCUT2D eigenvalue weighted by atomic mass is 16.5. The number of phenols is 1. The zero-order valence-corrected chi connectivity index (χ0v) is 17.1. The molecule has 0 amide bonds. The van der Waals surface area contributed by atoms with Crippen LogP contribution >= 0.6 is 0 Å². The Morgan fingerprint density at radius 3 is 2.48 bits per heavy atom. The number of methoxy groups -OCH3 is 1. The van der Waals surface area contributed by atoms with Crippen molar-refractivity contribution >= 4 is 17.2 Å². The third kappa shape index (κ3) is 3.51. The van der Waals surface area contributed by atoms with E-state index in [1.165, 1.54) is 5.56 Å². The Kier molecular flexibility index (Phi) is 4.89. The first-order valence-electron chi connectivity index (χ1n) is 9.70. The molecule has 0 unspecified atom stereocenters. The van der Waals surface area contributed by atoms with Gasteiger partial charge in [-0.2, -0.15) is 0 Å². The standard InChI is InChI=1S/C24H25N3O2/c1-15(2)17-8-11-19(12-9-17)25-24-23(18-10-13-20(28)21(14-18)29-4)26-22-7-5-6-16(3)27(22)24/h5-15,25,28H,1-4H3. The lowest BCUT2D eigenvalue weighted by Gasteiger charge is -2.13. The minimum Gasteiger partial charge on any atom is -0.504 e. The number of rotatable bonds is 5. The summed E-state index contributed by atoms with van der Waals surface area (Å²) in [6.07, 6.45) is 0. The summed E-state index contributed by atoms with van der Waals surface area (Å²) >= 11 is 0. The van der Waals surface area contributed by atoms with Crippen LogP contribution in [0.4, 0.5) is 11.5 Å². The van der Waals surface area contributed by atoms with Crippen LogP contribution in [-0.4, -0.2) is 21.6 Å². The summed E-state index contributed by atoms with van der Waals surface area (Å²) in [5, 5.41) is 13.5. The number of pyridine rings is 1. The summed E-state index contributed by atoms with van der Waals surface area (Å²) < 4.78 is 7.40. The van der Waals surface area contributed by atoms with Gasteiger partial charge >= 0.3 is 0 Å². The number of nitrogens with one attached hydrogen (secondary N) is 1. The van der Waals surface area contributed by atoms with Crippen LogP contribution in [0.2, 0.25) is 0 Å². The maximum atomic E-state index is 9.97. The number of aryl methyl sites for hydroxylation is 1. The Morgan fingerprint density at radius 2 is 1.79 bits per heavy atom. The van der Waals surface area contributed by atoms with Gasteiger partial charge in [0.05, 0.1) is 7.11 Å². The number of nitrogens with zero attached hydrogens (tertiary/aromatic N) is 2. The van der Waals surface area contributed by atoms with Crippen LogP contribution in [-0.2, 0) is 0 Å². The Hall–Kier alpha value is -3.47. The molecule has 0 bridgehead atoms. The van der Waals surface area contributed by atoms with E-state index in [-0.39, 0.29) is 5.75 Å². The van der Waals surface area contributed by atoms with Crippen LogP contribution in [0.5, 0.6) is 11.5 Å². The Balaban J connectivity index is 1.86. The molecular formula is C24H25N3O2. The lowest BCUT2D eigenvalue weighted by atomic mass is 10.0. The number of anilines is 2. The number of imidazole rings is 1. The number of ether oxygens (including phenoxy) is 1. The molecule has 0 atom stereocenters. The number of benzene rings is 2. The molecule has 0 fully saturated rings. The number of hydrogen-bond acceptors (Lipinski definition) is 4. The predicted octanol–water partition coefficient (Wildman–Crippen LogP) is 5.89. The summed E-state index contributed by atoms with van der Waals surface area (Å²) in [5.74, 6) is 1.89. The zero-order valence-electron chi connectivity index (χ0n) is 17.1. The fraction of sp³-hybridized carbons (Fsp3) is 0.208. The molecule has 0 saturated carbocycles. The van der Waals surface area contributed by atoms with Crippen molar-refractivity contribution in [3.63, 3.8) is 0 Å². The monoisotopic (exact) mass is 387 g/mol. The van der Waals surface area contributed by atoms with Gasteiger partial charge in [-0.1, -0.05) is 32.0 Å². The van der Waals surface area contributed by atoms with E-state index in [0.29, 0.717) is 11.7 Å². The number of fused-ring (bicyclic) bond motifs is 1. The van der Waals surface area contributed by atoms with Crippen molar-refractivity contribution in [1.82, 2.24) is 9.38 Å². The summed E-state index contributed by atoms with van der Waals surface area (Å²) in [5.41, 5.74) is 5.89. The number of aromatic hydroxyl groups is 1. The average molecular weight is 387 g/mol. The smallest absolute Gasteiger partial charge is 0.161 e. The van der Waals surface area contributed by atoms with Crippen molar-refractivity contribution in [2.75, 3.05) is 12.4 Å². The van der Waals surface area contributed by atoms with Gasteiger partial charge < -0.3 is 15.2 Å². The Bertz CT molecular complexity index is 1160. The van der Waals surface area contributed by atoms with Crippen LogP contribution in [0.1, 0.15) is 31.0 Å². The quantitative estimate of drug-likeness (QED) is 0.448. The van der Waals surface area contributed by atoms with E-state index in [0.717, 1.165) is 34.1 Å². The van der Waals surface area contributed by atoms with Gasteiger partial charge in [0.15, 0.2) is 11.5 Å². The predicted molar refractivity (Wildman–Crippen MR) is 117 cm³/mol. The first-order chi connectivity index (χ1) is 14.0. The lowest BCUT2D eigenvalue weighted by Crippen LogP contribution is -2.00. The second-order valence-electron chi connectivity index (χ2n) is 7.46.